The second-order valence-electron chi connectivity index (χ2n) is 7.07. The van der Waals surface area contributed by atoms with Gasteiger partial charge in [0.1, 0.15) is 6.33 Å². The summed E-state index contributed by atoms with van der Waals surface area (Å²) in [5, 5.41) is 7.88. The van der Waals surface area contributed by atoms with Crippen LogP contribution in [-0.2, 0) is 0 Å². The number of hydrogen-bond acceptors (Lipinski definition) is 4. The number of amides is 1. The first-order chi connectivity index (χ1) is 10.7. The lowest BCUT2D eigenvalue weighted by molar-refractivity contribution is 0.0640. The highest BCUT2D eigenvalue weighted by Gasteiger charge is 2.42. The third-order valence-electron chi connectivity index (χ3n) is 5.26. The molecule has 0 aromatic carbocycles. The molecule has 3 aliphatic rings. The maximum Gasteiger partial charge on any atom is 0.294 e. The van der Waals surface area contributed by atoms with E-state index in [4.69, 9.17) is 0 Å². The zero-order valence-electron chi connectivity index (χ0n) is 13.6. The van der Waals surface area contributed by atoms with Crippen LogP contribution in [0.5, 0.6) is 0 Å². The molecule has 2 heterocycles. The fourth-order valence-corrected chi connectivity index (χ4v) is 3.57. The molecule has 0 bridgehead atoms. The predicted molar refractivity (Wildman–Crippen MR) is 89.8 cm³/mol. The summed E-state index contributed by atoms with van der Waals surface area (Å²) in [5.41, 5.74) is 0. The summed E-state index contributed by atoms with van der Waals surface area (Å²) in [4.78, 5) is 19.3. The number of piperidine rings is 1. The minimum Gasteiger partial charge on any atom is -0.330 e. The molecule has 2 unspecified atom stereocenters. The van der Waals surface area contributed by atoms with Crippen LogP contribution in [0.15, 0.2) is 6.33 Å². The minimum absolute atomic E-state index is 0. The normalized spacial score (nSPS) is 25.5. The molecule has 2 atom stereocenters. The summed E-state index contributed by atoms with van der Waals surface area (Å²) in [5.74, 6) is 1.10. The Kier molecular flexibility index (Phi) is 4.92. The van der Waals surface area contributed by atoms with Gasteiger partial charge in [-0.25, -0.2) is 9.67 Å². The Hall–Kier alpha value is -1.14. The van der Waals surface area contributed by atoms with Crippen molar-refractivity contribution in [1.29, 1.82) is 0 Å². The Morgan fingerprint density at radius 3 is 2.74 bits per heavy atom. The summed E-state index contributed by atoms with van der Waals surface area (Å²) < 4.78 is 1.88. The van der Waals surface area contributed by atoms with E-state index in [1.807, 2.05) is 4.68 Å². The Morgan fingerprint density at radius 2 is 2.13 bits per heavy atom. The van der Waals surface area contributed by atoms with E-state index in [0.717, 1.165) is 38.8 Å². The van der Waals surface area contributed by atoms with Crippen LogP contribution >= 0.6 is 12.4 Å². The molecular weight excluding hydrogens is 314 g/mol. The predicted octanol–water partition coefficient (Wildman–Crippen LogP) is 2.03. The lowest BCUT2D eigenvalue weighted by atomic mass is 10.1. The Bertz CT molecular complexity index is 548. The molecule has 0 spiro atoms. The van der Waals surface area contributed by atoms with Crippen molar-refractivity contribution in [3.63, 3.8) is 0 Å². The fraction of sp³-hybridized carbons (Fsp3) is 0.812. The highest BCUT2D eigenvalue weighted by atomic mass is 35.5. The van der Waals surface area contributed by atoms with Gasteiger partial charge in [0.25, 0.3) is 5.91 Å². The average Bonchev–Trinajstić information content (AvgIpc) is 3.47. The van der Waals surface area contributed by atoms with E-state index in [0.29, 0.717) is 29.9 Å². The zero-order chi connectivity index (χ0) is 15.1. The van der Waals surface area contributed by atoms with E-state index in [-0.39, 0.29) is 18.3 Å². The molecule has 2 aliphatic carbocycles. The number of carbonyl (C=O) groups excluding carboxylic acids is 1. The van der Waals surface area contributed by atoms with Crippen molar-refractivity contribution >= 4 is 18.3 Å². The zero-order valence-corrected chi connectivity index (χ0v) is 14.5. The first-order valence-corrected chi connectivity index (χ1v) is 8.68. The number of halogens is 1. The van der Waals surface area contributed by atoms with Crippen molar-refractivity contribution in [3.05, 3.63) is 12.2 Å². The van der Waals surface area contributed by atoms with E-state index >= 15 is 0 Å². The largest absolute Gasteiger partial charge is 0.330 e. The molecular formula is C16H26ClN5O. The molecule has 128 valence electrons. The summed E-state index contributed by atoms with van der Waals surface area (Å²) in [6, 6.07) is 1.09. The van der Waals surface area contributed by atoms with E-state index in [2.05, 4.69) is 27.2 Å². The molecule has 0 radical (unpaired) electrons. The van der Waals surface area contributed by atoms with Crippen LogP contribution in [0.2, 0.25) is 0 Å². The van der Waals surface area contributed by atoms with Gasteiger partial charge in [-0.15, -0.1) is 17.5 Å². The third kappa shape index (κ3) is 3.53. The molecule has 1 saturated heterocycles. The van der Waals surface area contributed by atoms with Crippen molar-refractivity contribution in [3.8, 4) is 0 Å². The molecule has 1 aromatic heterocycles. The van der Waals surface area contributed by atoms with Crippen LogP contribution < -0.4 is 5.32 Å². The van der Waals surface area contributed by atoms with Gasteiger partial charge in [-0.1, -0.05) is 0 Å². The maximum absolute atomic E-state index is 12.9. The van der Waals surface area contributed by atoms with E-state index in [1.165, 1.54) is 12.8 Å². The van der Waals surface area contributed by atoms with Gasteiger partial charge in [-0.3, -0.25) is 4.79 Å². The molecule has 1 aromatic rings. The van der Waals surface area contributed by atoms with E-state index in [9.17, 15) is 4.79 Å². The van der Waals surface area contributed by atoms with Crippen LogP contribution in [0.25, 0.3) is 0 Å². The molecule has 23 heavy (non-hydrogen) atoms. The Morgan fingerprint density at radius 1 is 1.35 bits per heavy atom. The Balaban J connectivity index is 0.00000156. The number of nitrogens with zero attached hydrogens (tertiary/aromatic N) is 4. The molecule has 1 N–H and O–H groups in total. The number of hydrogen-bond donors (Lipinski definition) is 1. The van der Waals surface area contributed by atoms with E-state index in [1.54, 1.807) is 6.33 Å². The first-order valence-electron chi connectivity index (χ1n) is 8.68. The third-order valence-corrected chi connectivity index (χ3v) is 5.26. The molecule has 7 heteroatoms. The molecule has 3 fully saturated rings. The average molecular weight is 340 g/mol. The summed E-state index contributed by atoms with van der Waals surface area (Å²) in [6.07, 6.45) is 8.78. The standard InChI is InChI=1S/C16H25N5O.ClH/c1-11(12-4-5-12)21(13-6-7-13)16(22)15-18-10-20(19-15)14-3-2-8-17-9-14;/h10-14,17H,2-9H2,1H3;1H. The first kappa shape index (κ1) is 16.7. The van der Waals surface area contributed by atoms with Gasteiger partial charge in [0, 0.05) is 18.6 Å². The van der Waals surface area contributed by atoms with Gasteiger partial charge in [0.2, 0.25) is 5.82 Å². The molecule has 4 rings (SSSR count). The van der Waals surface area contributed by atoms with Gasteiger partial charge >= 0.3 is 0 Å². The van der Waals surface area contributed by atoms with Crippen molar-refractivity contribution in [2.24, 2.45) is 5.92 Å². The van der Waals surface area contributed by atoms with Gasteiger partial charge in [-0.2, -0.15) is 0 Å². The number of carbonyl (C=O) groups is 1. The topological polar surface area (TPSA) is 63.1 Å². The van der Waals surface area contributed by atoms with Gasteiger partial charge in [-0.05, 0) is 57.9 Å². The Labute approximate surface area is 143 Å². The van der Waals surface area contributed by atoms with Crippen molar-refractivity contribution in [2.45, 2.75) is 63.6 Å². The van der Waals surface area contributed by atoms with E-state index < -0.39 is 0 Å². The molecule has 2 saturated carbocycles. The highest BCUT2D eigenvalue weighted by molar-refractivity contribution is 5.91. The second kappa shape index (κ2) is 6.77. The maximum atomic E-state index is 12.9. The minimum atomic E-state index is 0. The van der Waals surface area contributed by atoms with Crippen LogP contribution in [0, 0.1) is 5.92 Å². The number of rotatable bonds is 5. The number of nitrogens with one attached hydrogen (secondary N) is 1. The lowest BCUT2D eigenvalue weighted by Gasteiger charge is -2.28. The quantitative estimate of drug-likeness (QED) is 0.891. The van der Waals surface area contributed by atoms with Crippen LogP contribution in [0.3, 0.4) is 0 Å². The fourth-order valence-electron chi connectivity index (χ4n) is 3.57. The van der Waals surface area contributed by atoms with Crippen molar-refractivity contribution < 1.29 is 4.79 Å². The summed E-state index contributed by atoms with van der Waals surface area (Å²) in [6.45, 7) is 4.18. The van der Waals surface area contributed by atoms with Crippen LogP contribution in [-0.4, -0.2) is 50.7 Å². The van der Waals surface area contributed by atoms with Gasteiger partial charge in [0.05, 0.1) is 6.04 Å². The van der Waals surface area contributed by atoms with Crippen LogP contribution in [0.1, 0.15) is 62.1 Å². The smallest absolute Gasteiger partial charge is 0.294 e. The SMILES string of the molecule is CC(C1CC1)N(C(=O)c1ncn(C2CCCNC2)n1)C1CC1.Cl. The molecule has 1 amide bonds. The molecule has 6 nitrogen and oxygen atoms in total. The highest BCUT2D eigenvalue weighted by Crippen LogP contribution is 2.40. The monoisotopic (exact) mass is 339 g/mol. The van der Waals surface area contributed by atoms with Crippen molar-refractivity contribution in [1.82, 2.24) is 25.0 Å². The van der Waals surface area contributed by atoms with Crippen molar-refractivity contribution in [2.75, 3.05) is 13.1 Å². The van der Waals surface area contributed by atoms with Crippen LogP contribution in [0.4, 0.5) is 0 Å². The number of aromatic nitrogens is 3. The summed E-state index contributed by atoms with van der Waals surface area (Å²) in [7, 11) is 0. The second-order valence-corrected chi connectivity index (χ2v) is 7.07. The van der Waals surface area contributed by atoms with Gasteiger partial charge in [0.15, 0.2) is 0 Å². The molecule has 1 aliphatic heterocycles. The summed E-state index contributed by atoms with van der Waals surface area (Å²) >= 11 is 0. The van der Waals surface area contributed by atoms with Gasteiger partial charge < -0.3 is 10.2 Å². The lowest BCUT2D eigenvalue weighted by Crippen LogP contribution is -2.42.